The minimum atomic E-state index is -0.0345. The molecule has 2 aliphatic heterocycles. The highest BCUT2D eigenvalue weighted by atomic mass is 16.3. The normalized spacial score (nSPS) is 17.4. The van der Waals surface area contributed by atoms with Crippen LogP contribution in [0.4, 0.5) is 0 Å². The van der Waals surface area contributed by atoms with E-state index in [9.17, 15) is 4.79 Å². The fraction of sp³-hybridized carbons (Fsp3) is 0.333. The molecule has 2 fully saturated rings. The molecule has 0 spiro atoms. The van der Waals surface area contributed by atoms with Crippen molar-refractivity contribution in [1.29, 1.82) is 0 Å². The molecule has 4 aromatic rings. The number of rotatable bonds is 8. The van der Waals surface area contributed by atoms with Crippen molar-refractivity contribution in [3.8, 4) is 0 Å². The molecule has 7 nitrogen and oxygen atoms in total. The molecule has 7 heteroatoms. The Balaban J connectivity index is 1.01. The van der Waals surface area contributed by atoms with E-state index in [1.54, 1.807) is 0 Å². The molecular weight excluding hydrogens is 498 g/mol. The van der Waals surface area contributed by atoms with Crippen LogP contribution < -0.4 is 0 Å². The van der Waals surface area contributed by atoms with E-state index in [1.165, 1.54) is 23.0 Å². The zero-order chi connectivity index (χ0) is 27.1. The lowest BCUT2D eigenvalue weighted by molar-refractivity contribution is 0.0622. The summed E-state index contributed by atoms with van der Waals surface area (Å²) in [7, 11) is 0. The molecule has 206 valence electrons. The average molecular weight is 536 g/mol. The van der Waals surface area contributed by atoms with Gasteiger partial charge in [-0.3, -0.25) is 19.5 Å². The molecule has 40 heavy (non-hydrogen) atoms. The molecule has 6 rings (SSSR count). The Morgan fingerprint density at radius 2 is 1.20 bits per heavy atom. The maximum Gasteiger partial charge on any atom is 0.275 e. The molecular formula is C33H37N5O2. The number of nitrogens with zero attached hydrogens (tertiary/aromatic N) is 5. The van der Waals surface area contributed by atoms with E-state index in [4.69, 9.17) is 4.42 Å². The first kappa shape index (κ1) is 26.4. The Hall–Kier alpha value is -3.78. The molecule has 0 bridgehead atoms. The SMILES string of the molecule is O=C(c1coc(CN2CCN(C(c3ccccc3)c3ccccc3)CC2)n1)N1CCN(Cc2ccccc2)CC1. The molecule has 0 unspecified atom stereocenters. The summed E-state index contributed by atoms with van der Waals surface area (Å²) in [5.74, 6) is 0.579. The Kier molecular flexibility index (Phi) is 8.33. The largest absolute Gasteiger partial charge is 0.447 e. The van der Waals surface area contributed by atoms with E-state index in [-0.39, 0.29) is 11.9 Å². The molecule has 2 aliphatic rings. The number of hydrogen-bond donors (Lipinski definition) is 0. The maximum atomic E-state index is 13.1. The third kappa shape index (κ3) is 6.33. The van der Waals surface area contributed by atoms with Crippen LogP contribution in [0.1, 0.15) is 39.1 Å². The monoisotopic (exact) mass is 535 g/mol. The van der Waals surface area contributed by atoms with Gasteiger partial charge in [0.15, 0.2) is 5.69 Å². The summed E-state index contributed by atoms with van der Waals surface area (Å²) in [6, 6.07) is 32.2. The summed E-state index contributed by atoms with van der Waals surface area (Å²) >= 11 is 0. The van der Waals surface area contributed by atoms with Crippen LogP contribution in [-0.4, -0.2) is 82.8 Å². The Morgan fingerprint density at radius 3 is 1.80 bits per heavy atom. The van der Waals surface area contributed by atoms with Crippen molar-refractivity contribution in [3.63, 3.8) is 0 Å². The van der Waals surface area contributed by atoms with E-state index < -0.39 is 0 Å². The molecule has 3 heterocycles. The number of aromatic nitrogens is 1. The van der Waals surface area contributed by atoms with E-state index in [2.05, 4.69) is 105 Å². The zero-order valence-electron chi connectivity index (χ0n) is 22.9. The molecule has 0 saturated carbocycles. The van der Waals surface area contributed by atoms with Gasteiger partial charge in [0, 0.05) is 58.9 Å². The quantitative estimate of drug-likeness (QED) is 0.330. The molecule has 0 atom stereocenters. The second kappa shape index (κ2) is 12.6. The smallest absolute Gasteiger partial charge is 0.275 e. The minimum Gasteiger partial charge on any atom is -0.447 e. The van der Waals surface area contributed by atoms with Crippen LogP contribution >= 0.6 is 0 Å². The molecule has 1 aromatic heterocycles. The van der Waals surface area contributed by atoms with E-state index in [0.717, 1.165) is 45.8 Å². The van der Waals surface area contributed by atoms with Crippen molar-refractivity contribution in [2.45, 2.75) is 19.1 Å². The van der Waals surface area contributed by atoms with Gasteiger partial charge >= 0.3 is 0 Å². The lowest BCUT2D eigenvalue weighted by atomic mass is 9.96. The van der Waals surface area contributed by atoms with Crippen LogP contribution in [0.2, 0.25) is 0 Å². The summed E-state index contributed by atoms with van der Waals surface area (Å²) in [6.07, 6.45) is 1.53. The Bertz CT molecular complexity index is 1310. The van der Waals surface area contributed by atoms with Crippen LogP contribution in [0.5, 0.6) is 0 Å². The third-order valence-corrected chi connectivity index (χ3v) is 8.04. The second-order valence-corrected chi connectivity index (χ2v) is 10.7. The Labute approximate surface area is 236 Å². The van der Waals surface area contributed by atoms with Crippen LogP contribution in [0.25, 0.3) is 0 Å². The summed E-state index contributed by atoms with van der Waals surface area (Å²) in [6.45, 7) is 8.43. The van der Waals surface area contributed by atoms with Crippen molar-refractivity contribution in [2.24, 2.45) is 0 Å². The van der Waals surface area contributed by atoms with E-state index in [0.29, 0.717) is 31.2 Å². The first-order valence-electron chi connectivity index (χ1n) is 14.3. The fourth-order valence-corrected chi connectivity index (χ4v) is 5.85. The van der Waals surface area contributed by atoms with Crippen LogP contribution in [-0.2, 0) is 13.1 Å². The van der Waals surface area contributed by atoms with E-state index in [1.807, 2.05) is 11.0 Å². The average Bonchev–Trinajstić information content (AvgIpc) is 3.48. The van der Waals surface area contributed by atoms with Gasteiger partial charge in [0.05, 0.1) is 12.6 Å². The summed E-state index contributed by atoms with van der Waals surface area (Å²) < 4.78 is 5.77. The highest BCUT2D eigenvalue weighted by molar-refractivity contribution is 5.92. The lowest BCUT2D eigenvalue weighted by Crippen LogP contribution is -2.48. The molecule has 0 N–H and O–H groups in total. The van der Waals surface area contributed by atoms with Crippen molar-refractivity contribution >= 4 is 5.91 Å². The standard InChI is InChI=1S/C33H37N5O2/c39-33(38-22-18-35(19-23-38)24-27-10-4-1-5-11-27)30-26-40-31(34-30)25-36-16-20-37(21-17-36)32(28-12-6-2-7-13-28)29-14-8-3-9-15-29/h1-15,26,32H,16-25H2. The third-order valence-electron chi connectivity index (χ3n) is 8.04. The molecule has 3 aromatic carbocycles. The number of piperazine rings is 2. The van der Waals surface area contributed by atoms with Crippen molar-refractivity contribution in [2.75, 3.05) is 52.4 Å². The van der Waals surface area contributed by atoms with Crippen LogP contribution in [0.15, 0.2) is 102 Å². The summed E-state index contributed by atoms with van der Waals surface area (Å²) in [4.78, 5) is 26.9. The number of hydrogen-bond acceptors (Lipinski definition) is 6. The topological polar surface area (TPSA) is 56.1 Å². The molecule has 2 saturated heterocycles. The van der Waals surface area contributed by atoms with E-state index >= 15 is 0 Å². The molecule has 1 amide bonds. The van der Waals surface area contributed by atoms with Crippen LogP contribution in [0.3, 0.4) is 0 Å². The van der Waals surface area contributed by atoms with Gasteiger partial charge in [0.25, 0.3) is 5.91 Å². The van der Waals surface area contributed by atoms with Gasteiger partial charge in [-0.05, 0) is 16.7 Å². The predicted octanol–water partition coefficient (Wildman–Crippen LogP) is 4.54. The van der Waals surface area contributed by atoms with Crippen LogP contribution in [0, 0.1) is 0 Å². The second-order valence-electron chi connectivity index (χ2n) is 10.7. The van der Waals surface area contributed by atoms with Gasteiger partial charge < -0.3 is 9.32 Å². The molecule has 0 aliphatic carbocycles. The summed E-state index contributed by atoms with van der Waals surface area (Å²) in [5, 5.41) is 0. The highest BCUT2D eigenvalue weighted by Gasteiger charge is 2.28. The summed E-state index contributed by atoms with van der Waals surface area (Å²) in [5.41, 5.74) is 4.36. The zero-order valence-corrected chi connectivity index (χ0v) is 22.9. The predicted molar refractivity (Wildman–Crippen MR) is 156 cm³/mol. The van der Waals surface area contributed by atoms with Crippen molar-refractivity contribution < 1.29 is 9.21 Å². The van der Waals surface area contributed by atoms with Gasteiger partial charge in [-0.25, -0.2) is 4.98 Å². The lowest BCUT2D eigenvalue weighted by Gasteiger charge is -2.39. The van der Waals surface area contributed by atoms with Gasteiger partial charge in [0.1, 0.15) is 6.26 Å². The first-order chi connectivity index (χ1) is 19.7. The first-order valence-corrected chi connectivity index (χ1v) is 14.3. The molecule has 0 radical (unpaired) electrons. The number of oxazole rings is 1. The number of amides is 1. The van der Waals surface area contributed by atoms with Gasteiger partial charge in [-0.15, -0.1) is 0 Å². The number of carbonyl (C=O) groups is 1. The highest BCUT2D eigenvalue weighted by Crippen LogP contribution is 2.29. The van der Waals surface area contributed by atoms with Crippen molar-refractivity contribution in [1.82, 2.24) is 24.6 Å². The Morgan fingerprint density at radius 1 is 0.675 bits per heavy atom. The number of carbonyl (C=O) groups excluding carboxylic acids is 1. The maximum absolute atomic E-state index is 13.1. The fourth-order valence-electron chi connectivity index (χ4n) is 5.85. The van der Waals surface area contributed by atoms with Crippen molar-refractivity contribution in [3.05, 3.63) is 126 Å². The van der Waals surface area contributed by atoms with Gasteiger partial charge in [-0.1, -0.05) is 91.0 Å². The number of benzene rings is 3. The van der Waals surface area contributed by atoms with Gasteiger partial charge in [0.2, 0.25) is 5.89 Å². The minimum absolute atomic E-state index is 0.0345. The van der Waals surface area contributed by atoms with Gasteiger partial charge in [-0.2, -0.15) is 0 Å².